The van der Waals surface area contributed by atoms with E-state index < -0.39 is 0 Å². The highest BCUT2D eigenvalue weighted by Gasteiger charge is 2.14. The van der Waals surface area contributed by atoms with Gasteiger partial charge in [0.1, 0.15) is 5.75 Å². The summed E-state index contributed by atoms with van der Waals surface area (Å²) in [4.78, 5) is 24.6. The summed E-state index contributed by atoms with van der Waals surface area (Å²) < 4.78 is 5.30. The molecule has 2 aromatic carbocycles. The van der Waals surface area contributed by atoms with Crippen molar-refractivity contribution in [3.63, 3.8) is 0 Å². The Labute approximate surface area is 147 Å². The van der Waals surface area contributed by atoms with Gasteiger partial charge in [0, 0.05) is 12.1 Å². The van der Waals surface area contributed by atoms with Crippen molar-refractivity contribution in [3.05, 3.63) is 71.8 Å². The Balaban J connectivity index is 2.15. The van der Waals surface area contributed by atoms with Crippen LogP contribution in [0.4, 0.5) is 5.69 Å². The minimum Gasteiger partial charge on any atom is -0.496 e. The molecule has 2 rings (SSSR count). The van der Waals surface area contributed by atoms with Gasteiger partial charge >= 0.3 is 0 Å². The van der Waals surface area contributed by atoms with Crippen molar-refractivity contribution >= 4 is 17.5 Å². The molecule has 0 aliphatic carbocycles. The topological polar surface area (TPSA) is 67.4 Å². The molecule has 2 N–H and O–H groups in total. The summed E-state index contributed by atoms with van der Waals surface area (Å²) in [5, 5.41) is 5.52. The predicted octanol–water partition coefficient (Wildman–Crippen LogP) is 3.10. The van der Waals surface area contributed by atoms with E-state index in [9.17, 15) is 9.59 Å². The van der Waals surface area contributed by atoms with Crippen molar-refractivity contribution in [2.24, 2.45) is 0 Å². The van der Waals surface area contributed by atoms with Crippen molar-refractivity contribution in [2.45, 2.75) is 13.3 Å². The number of rotatable bonds is 7. The number of nitrogens with one attached hydrogen (secondary N) is 2. The SMILES string of the molecule is C=CCNC(=O)c1ccccc1NC(=O)Cc1cc(C)ccc1OC. The zero-order valence-electron chi connectivity index (χ0n) is 14.5. The first-order valence-electron chi connectivity index (χ1n) is 7.96. The van der Waals surface area contributed by atoms with Crippen LogP contribution in [0.15, 0.2) is 55.1 Å². The van der Waals surface area contributed by atoms with Crippen LogP contribution in [-0.2, 0) is 11.2 Å². The molecule has 0 fully saturated rings. The molecule has 5 nitrogen and oxygen atoms in total. The highest BCUT2D eigenvalue weighted by molar-refractivity contribution is 6.04. The second-order valence-corrected chi connectivity index (χ2v) is 5.58. The van der Waals surface area contributed by atoms with E-state index in [1.165, 1.54) is 0 Å². The molecule has 0 heterocycles. The second kappa shape index (κ2) is 8.68. The summed E-state index contributed by atoms with van der Waals surface area (Å²) in [6, 6.07) is 12.6. The van der Waals surface area contributed by atoms with E-state index in [2.05, 4.69) is 17.2 Å². The van der Waals surface area contributed by atoms with Crippen molar-refractivity contribution in [1.82, 2.24) is 5.32 Å². The number of para-hydroxylation sites is 1. The second-order valence-electron chi connectivity index (χ2n) is 5.58. The highest BCUT2D eigenvalue weighted by Crippen LogP contribution is 2.21. The van der Waals surface area contributed by atoms with Crippen LogP contribution in [0.5, 0.6) is 5.75 Å². The van der Waals surface area contributed by atoms with Gasteiger partial charge in [0.2, 0.25) is 5.91 Å². The van der Waals surface area contributed by atoms with Crippen molar-refractivity contribution in [2.75, 3.05) is 19.0 Å². The first-order chi connectivity index (χ1) is 12.0. The van der Waals surface area contributed by atoms with Gasteiger partial charge in [-0.1, -0.05) is 35.9 Å². The molecule has 0 radical (unpaired) electrons. The van der Waals surface area contributed by atoms with Gasteiger partial charge in [0.15, 0.2) is 0 Å². The molecule has 0 atom stereocenters. The summed E-state index contributed by atoms with van der Waals surface area (Å²) >= 11 is 0. The third-order valence-electron chi connectivity index (χ3n) is 3.64. The number of amides is 2. The Kier molecular flexibility index (Phi) is 6.34. The van der Waals surface area contributed by atoms with Crippen LogP contribution in [0.3, 0.4) is 0 Å². The number of anilines is 1. The van der Waals surface area contributed by atoms with E-state index in [1.807, 2.05) is 25.1 Å². The molecule has 2 amide bonds. The lowest BCUT2D eigenvalue weighted by molar-refractivity contribution is -0.115. The lowest BCUT2D eigenvalue weighted by atomic mass is 10.1. The lowest BCUT2D eigenvalue weighted by Gasteiger charge is -2.12. The summed E-state index contributed by atoms with van der Waals surface area (Å²) in [5.41, 5.74) is 2.73. The molecular weight excluding hydrogens is 316 g/mol. The molecular formula is C20H22N2O3. The van der Waals surface area contributed by atoms with Gasteiger partial charge in [-0.05, 0) is 25.1 Å². The quantitative estimate of drug-likeness (QED) is 0.762. The molecule has 0 saturated heterocycles. The first-order valence-corrected chi connectivity index (χ1v) is 7.96. The van der Waals surface area contributed by atoms with Gasteiger partial charge in [0.25, 0.3) is 5.91 Å². The average Bonchev–Trinajstić information content (AvgIpc) is 2.60. The van der Waals surface area contributed by atoms with Crippen LogP contribution in [0.25, 0.3) is 0 Å². The Morgan fingerprint density at radius 3 is 2.68 bits per heavy atom. The number of ether oxygens (including phenoxy) is 1. The van der Waals surface area contributed by atoms with Crippen molar-refractivity contribution in [3.8, 4) is 5.75 Å². The van der Waals surface area contributed by atoms with Gasteiger partial charge < -0.3 is 15.4 Å². The smallest absolute Gasteiger partial charge is 0.253 e. The maximum Gasteiger partial charge on any atom is 0.253 e. The largest absolute Gasteiger partial charge is 0.496 e. The zero-order chi connectivity index (χ0) is 18.2. The summed E-state index contributed by atoms with van der Waals surface area (Å²) in [5.74, 6) is 0.189. The van der Waals surface area contributed by atoms with Gasteiger partial charge in [-0.25, -0.2) is 0 Å². The monoisotopic (exact) mass is 338 g/mol. The standard InChI is InChI=1S/C20H22N2O3/c1-4-11-21-20(24)16-7-5-6-8-17(16)22-19(23)13-15-12-14(2)9-10-18(15)25-3/h4-10,12H,1,11,13H2,2-3H3,(H,21,24)(H,22,23). The number of carbonyl (C=O) groups excluding carboxylic acids is 2. The zero-order valence-corrected chi connectivity index (χ0v) is 14.5. The van der Waals surface area contributed by atoms with E-state index in [0.29, 0.717) is 23.5 Å². The third kappa shape index (κ3) is 4.94. The van der Waals surface area contributed by atoms with Crippen LogP contribution in [-0.4, -0.2) is 25.5 Å². The average molecular weight is 338 g/mol. The molecule has 0 saturated carbocycles. The summed E-state index contributed by atoms with van der Waals surface area (Å²) in [6.07, 6.45) is 1.76. The van der Waals surface area contributed by atoms with Crippen LogP contribution < -0.4 is 15.4 Å². The fourth-order valence-electron chi connectivity index (χ4n) is 2.46. The molecule has 0 bridgehead atoms. The van der Waals surface area contributed by atoms with Crippen LogP contribution >= 0.6 is 0 Å². The van der Waals surface area contributed by atoms with E-state index in [4.69, 9.17) is 4.74 Å². The lowest BCUT2D eigenvalue weighted by Crippen LogP contribution is -2.25. The number of hydrogen-bond donors (Lipinski definition) is 2. The fourth-order valence-corrected chi connectivity index (χ4v) is 2.46. The van der Waals surface area contributed by atoms with Gasteiger partial charge in [-0.2, -0.15) is 0 Å². The molecule has 2 aromatic rings. The number of methoxy groups -OCH3 is 1. The first kappa shape index (κ1) is 18.3. The molecule has 0 aliphatic heterocycles. The summed E-state index contributed by atoms with van der Waals surface area (Å²) in [7, 11) is 1.57. The normalized spacial score (nSPS) is 10.0. The van der Waals surface area contributed by atoms with Gasteiger partial charge in [-0.15, -0.1) is 6.58 Å². The Bertz CT molecular complexity index is 784. The van der Waals surface area contributed by atoms with Crippen LogP contribution in [0.1, 0.15) is 21.5 Å². The number of benzene rings is 2. The van der Waals surface area contributed by atoms with E-state index >= 15 is 0 Å². The molecule has 5 heteroatoms. The molecule has 130 valence electrons. The Hall–Kier alpha value is -3.08. The Morgan fingerprint density at radius 1 is 1.20 bits per heavy atom. The minimum atomic E-state index is -0.260. The predicted molar refractivity (Wildman–Crippen MR) is 99.0 cm³/mol. The van der Waals surface area contributed by atoms with Crippen LogP contribution in [0.2, 0.25) is 0 Å². The highest BCUT2D eigenvalue weighted by atomic mass is 16.5. The number of carbonyl (C=O) groups is 2. The number of hydrogen-bond acceptors (Lipinski definition) is 3. The van der Waals surface area contributed by atoms with E-state index in [0.717, 1.165) is 11.1 Å². The molecule has 0 unspecified atom stereocenters. The number of aryl methyl sites for hydroxylation is 1. The van der Waals surface area contributed by atoms with Crippen LogP contribution in [0, 0.1) is 6.92 Å². The van der Waals surface area contributed by atoms with E-state index in [1.54, 1.807) is 37.5 Å². The summed E-state index contributed by atoms with van der Waals surface area (Å²) in [6.45, 7) is 5.89. The van der Waals surface area contributed by atoms with Crippen molar-refractivity contribution < 1.29 is 14.3 Å². The van der Waals surface area contributed by atoms with E-state index in [-0.39, 0.29) is 18.2 Å². The van der Waals surface area contributed by atoms with Crippen molar-refractivity contribution in [1.29, 1.82) is 0 Å². The fraction of sp³-hybridized carbons (Fsp3) is 0.200. The molecule has 0 spiro atoms. The molecule has 0 aromatic heterocycles. The van der Waals surface area contributed by atoms with Gasteiger partial charge in [-0.3, -0.25) is 9.59 Å². The molecule has 0 aliphatic rings. The molecule has 25 heavy (non-hydrogen) atoms. The Morgan fingerprint density at radius 2 is 1.96 bits per heavy atom. The minimum absolute atomic E-state index is 0.160. The van der Waals surface area contributed by atoms with Gasteiger partial charge in [0.05, 0.1) is 24.8 Å². The third-order valence-corrected chi connectivity index (χ3v) is 3.64. The maximum absolute atomic E-state index is 12.4. The maximum atomic E-state index is 12.4.